The molecule has 0 atom stereocenters. The lowest BCUT2D eigenvalue weighted by molar-refractivity contribution is -0.129. The molecule has 6 nitrogen and oxygen atoms in total. The van der Waals surface area contributed by atoms with Gasteiger partial charge < -0.3 is 10.2 Å². The molecule has 0 unspecified atom stereocenters. The highest BCUT2D eigenvalue weighted by molar-refractivity contribution is 9.10. The molecule has 1 aromatic rings. The standard InChI is InChI=1S/C18H20BrN3O3/c19-13-3-4-14-12(10-13)2-1-9-22(14)15(23)11-5-7-18(8-6-11)16(24)20-17(25)21-18/h3-4,10-11H,1-2,5-9H2,(H2,20,21,24,25). The lowest BCUT2D eigenvalue weighted by Gasteiger charge is -2.37. The summed E-state index contributed by atoms with van der Waals surface area (Å²) < 4.78 is 1.03. The molecule has 0 aromatic heterocycles. The molecule has 1 aliphatic carbocycles. The third-order valence-corrected chi connectivity index (χ3v) is 6.12. The van der Waals surface area contributed by atoms with Crippen LogP contribution in [0.5, 0.6) is 0 Å². The number of hydrogen-bond acceptors (Lipinski definition) is 3. The second kappa shape index (κ2) is 6.12. The van der Waals surface area contributed by atoms with Gasteiger partial charge in [-0.2, -0.15) is 0 Å². The zero-order valence-electron chi connectivity index (χ0n) is 13.8. The lowest BCUT2D eigenvalue weighted by Crippen LogP contribution is -2.51. The molecule has 3 aliphatic rings. The van der Waals surface area contributed by atoms with Gasteiger partial charge in [-0.1, -0.05) is 15.9 Å². The van der Waals surface area contributed by atoms with Gasteiger partial charge in [0.25, 0.3) is 5.91 Å². The predicted molar refractivity (Wildman–Crippen MR) is 96.2 cm³/mol. The first-order chi connectivity index (χ1) is 12.0. The third kappa shape index (κ3) is 2.84. The van der Waals surface area contributed by atoms with Crippen molar-refractivity contribution < 1.29 is 14.4 Å². The Bertz CT molecular complexity index is 756. The third-order valence-electron chi connectivity index (χ3n) is 5.63. The van der Waals surface area contributed by atoms with Crippen LogP contribution in [0, 0.1) is 5.92 Å². The van der Waals surface area contributed by atoms with Crippen molar-refractivity contribution in [2.24, 2.45) is 5.92 Å². The Labute approximate surface area is 154 Å². The van der Waals surface area contributed by atoms with Gasteiger partial charge in [0.2, 0.25) is 5.91 Å². The molecular formula is C18H20BrN3O3. The highest BCUT2D eigenvalue weighted by Crippen LogP contribution is 2.37. The molecule has 1 aromatic carbocycles. The Kier molecular flexibility index (Phi) is 4.06. The van der Waals surface area contributed by atoms with E-state index in [1.165, 1.54) is 5.56 Å². The van der Waals surface area contributed by atoms with Crippen molar-refractivity contribution in [1.29, 1.82) is 0 Å². The quantitative estimate of drug-likeness (QED) is 0.704. The van der Waals surface area contributed by atoms with Crippen LogP contribution >= 0.6 is 15.9 Å². The van der Waals surface area contributed by atoms with Crippen LogP contribution in [0.25, 0.3) is 0 Å². The van der Waals surface area contributed by atoms with E-state index in [9.17, 15) is 14.4 Å². The maximum absolute atomic E-state index is 13.1. The Hall–Kier alpha value is -1.89. The molecule has 4 rings (SSSR count). The maximum Gasteiger partial charge on any atom is 0.322 e. The highest BCUT2D eigenvalue weighted by atomic mass is 79.9. The van der Waals surface area contributed by atoms with E-state index in [-0.39, 0.29) is 17.7 Å². The number of nitrogens with one attached hydrogen (secondary N) is 2. The van der Waals surface area contributed by atoms with Crippen LogP contribution in [-0.4, -0.2) is 29.9 Å². The fourth-order valence-corrected chi connectivity index (χ4v) is 4.66. The van der Waals surface area contributed by atoms with E-state index in [1.54, 1.807) is 0 Å². The summed E-state index contributed by atoms with van der Waals surface area (Å²) >= 11 is 3.49. The molecule has 0 radical (unpaired) electrons. The Morgan fingerprint density at radius 1 is 1.24 bits per heavy atom. The van der Waals surface area contributed by atoms with Gasteiger partial charge in [0, 0.05) is 22.6 Å². The number of amides is 4. The zero-order valence-corrected chi connectivity index (χ0v) is 15.4. The molecule has 2 N–H and O–H groups in total. The lowest BCUT2D eigenvalue weighted by atomic mass is 9.76. The fraction of sp³-hybridized carbons (Fsp3) is 0.500. The number of nitrogens with zero attached hydrogens (tertiary/aromatic N) is 1. The number of aryl methyl sites for hydroxylation is 1. The molecule has 1 saturated carbocycles. The molecule has 1 saturated heterocycles. The highest BCUT2D eigenvalue weighted by Gasteiger charge is 2.49. The van der Waals surface area contributed by atoms with Gasteiger partial charge in [-0.05, 0) is 62.3 Å². The SMILES string of the molecule is O=C1NC(=O)C2(CCC(C(=O)N3CCCc4cc(Br)ccc43)CC2)N1. The number of carbonyl (C=O) groups is 3. The molecular weight excluding hydrogens is 386 g/mol. The first-order valence-corrected chi connectivity index (χ1v) is 9.51. The van der Waals surface area contributed by atoms with Crippen molar-refractivity contribution in [1.82, 2.24) is 10.6 Å². The summed E-state index contributed by atoms with van der Waals surface area (Å²) in [4.78, 5) is 38.5. The van der Waals surface area contributed by atoms with Crippen molar-refractivity contribution in [2.45, 2.75) is 44.1 Å². The second-order valence-electron chi connectivity index (χ2n) is 7.13. The van der Waals surface area contributed by atoms with Gasteiger partial charge in [0.05, 0.1) is 0 Å². The number of hydrogen-bond donors (Lipinski definition) is 2. The van der Waals surface area contributed by atoms with Crippen LogP contribution in [0.1, 0.15) is 37.7 Å². The van der Waals surface area contributed by atoms with Crippen molar-refractivity contribution in [3.8, 4) is 0 Å². The first-order valence-electron chi connectivity index (χ1n) is 8.72. The van der Waals surface area contributed by atoms with Crippen LogP contribution in [0.4, 0.5) is 10.5 Å². The van der Waals surface area contributed by atoms with Crippen LogP contribution < -0.4 is 15.5 Å². The molecule has 2 aliphatic heterocycles. The van der Waals surface area contributed by atoms with E-state index < -0.39 is 11.6 Å². The number of rotatable bonds is 1. The van der Waals surface area contributed by atoms with E-state index in [2.05, 4.69) is 32.6 Å². The van der Waals surface area contributed by atoms with E-state index in [0.29, 0.717) is 25.7 Å². The molecule has 132 valence electrons. The summed E-state index contributed by atoms with van der Waals surface area (Å²) in [6.07, 6.45) is 4.22. The van der Waals surface area contributed by atoms with Crippen molar-refractivity contribution in [2.75, 3.05) is 11.4 Å². The van der Waals surface area contributed by atoms with Gasteiger partial charge in [0.15, 0.2) is 0 Å². The number of anilines is 1. The molecule has 0 bridgehead atoms. The second-order valence-corrected chi connectivity index (χ2v) is 8.05. The Morgan fingerprint density at radius 3 is 2.68 bits per heavy atom. The van der Waals surface area contributed by atoms with Gasteiger partial charge in [0.1, 0.15) is 5.54 Å². The monoisotopic (exact) mass is 405 g/mol. The molecule has 25 heavy (non-hydrogen) atoms. The average Bonchev–Trinajstić information content (AvgIpc) is 2.87. The van der Waals surface area contributed by atoms with Gasteiger partial charge >= 0.3 is 6.03 Å². The number of halogens is 1. The maximum atomic E-state index is 13.1. The summed E-state index contributed by atoms with van der Waals surface area (Å²) in [7, 11) is 0. The average molecular weight is 406 g/mol. The van der Waals surface area contributed by atoms with Crippen molar-refractivity contribution in [3.05, 3.63) is 28.2 Å². The summed E-state index contributed by atoms with van der Waals surface area (Å²) in [5, 5.41) is 5.06. The van der Waals surface area contributed by atoms with Crippen molar-refractivity contribution >= 4 is 39.5 Å². The van der Waals surface area contributed by atoms with E-state index in [0.717, 1.165) is 29.5 Å². The predicted octanol–water partition coefficient (Wildman–Crippen LogP) is 2.50. The van der Waals surface area contributed by atoms with Gasteiger partial charge in [-0.25, -0.2) is 4.79 Å². The largest absolute Gasteiger partial charge is 0.323 e. The molecule has 2 heterocycles. The fourth-order valence-electron chi connectivity index (χ4n) is 4.25. The Balaban J connectivity index is 1.49. The minimum Gasteiger partial charge on any atom is -0.323 e. The van der Waals surface area contributed by atoms with E-state index >= 15 is 0 Å². The summed E-state index contributed by atoms with van der Waals surface area (Å²) in [5.74, 6) is -0.204. The minimum absolute atomic E-state index is 0.0921. The smallest absolute Gasteiger partial charge is 0.322 e. The molecule has 2 fully saturated rings. The molecule has 4 amide bonds. The number of imide groups is 1. The first kappa shape index (κ1) is 16.6. The summed E-state index contributed by atoms with van der Waals surface area (Å²) in [5.41, 5.74) is 1.40. The van der Waals surface area contributed by atoms with Crippen LogP contribution in [0.15, 0.2) is 22.7 Å². The summed E-state index contributed by atoms with van der Waals surface area (Å²) in [6.45, 7) is 0.742. The number of fused-ring (bicyclic) bond motifs is 1. The van der Waals surface area contributed by atoms with Gasteiger partial charge in [-0.15, -0.1) is 0 Å². The number of urea groups is 1. The van der Waals surface area contributed by atoms with E-state index in [4.69, 9.17) is 0 Å². The van der Waals surface area contributed by atoms with Crippen LogP contribution in [0.3, 0.4) is 0 Å². The van der Waals surface area contributed by atoms with Crippen LogP contribution in [0.2, 0.25) is 0 Å². The normalized spacial score (nSPS) is 28.5. The molecule has 1 spiro atoms. The minimum atomic E-state index is -0.807. The molecule has 7 heteroatoms. The number of carbonyl (C=O) groups excluding carboxylic acids is 3. The summed E-state index contributed by atoms with van der Waals surface area (Å²) in [6, 6.07) is 5.64. The number of benzene rings is 1. The van der Waals surface area contributed by atoms with Crippen molar-refractivity contribution in [3.63, 3.8) is 0 Å². The Morgan fingerprint density at radius 2 is 2.00 bits per heavy atom. The van der Waals surface area contributed by atoms with Crippen LogP contribution in [-0.2, 0) is 16.0 Å². The topological polar surface area (TPSA) is 78.5 Å². The zero-order chi connectivity index (χ0) is 17.6. The van der Waals surface area contributed by atoms with E-state index in [1.807, 2.05) is 17.0 Å². The van der Waals surface area contributed by atoms with Gasteiger partial charge in [-0.3, -0.25) is 14.9 Å².